The second-order valence-electron chi connectivity index (χ2n) is 12.5. The first-order valence-electron chi connectivity index (χ1n) is 15.3. The minimum absolute atomic E-state index is 0.0201. The molecule has 0 bridgehead atoms. The van der Waals surface area contributed by atoms with Crippen LogP contribution in [-0.4, -0.2) is 79.2 Å². The number of benzene rings is 2. The van der Waals surface area contributed by atoms with Crippen LogP contribution in [0.3, 0.4) is 0 Å². The highest BCUT2D eigenvalue weighted by Crippen LogP contribution is 2.42. The highest BCUT2D eigenvalue weighted by Gasteiger charge is 2.42. The molecule has 0 aliphatic carbocycles. The summed E-state index contributed by atoms with van der Waals surface area (Å²) in [7, 11) is 1.63. The second kappa shape index (κ2) is 12.8. The number of hydrogen-bond donors (Lipinski definition) is 1. The van der Waals surface area contributed by atoms with Crippen LogP contribution in [0.15, 0.2) is 42.5 Å². The van der Waals surface area contributed by atoms with Gasteiger partial charge in [-0.15, -0.1) is 0 Å². The molecule has 0 radical (unpaired) electrons. The molecule has 0 saturated carbocycles. The SMILES string of the molecule is COc1ccc([C@@H]2CN(C(C)C)C[C@H]2C(=O)N2CCC(c3ccc(C(F)(F)F)cc3N3CCC(C(=O)O)CC3)CC2)cc1. The van der Waals surface area contributed by atoms with Crippen LogP contribution in [0.2, 0.25) is 0 Å². The molecule has 3 fully saturated rings. The number of carbonyl (C=O) groups excluding carboxylic acids is 1. The molecule has 10 heteroatoms. The standard InChI is InChI=1S/C33H42F3N3O4/c1-21(2)39-19-28(22-4-7-26(43-3)8-5-22)29(20-39)31(40)38-16-10-23(11-17-38)27-9-6-25(33(34,35)36)18-30(27)37-14-12-24(13-15-37)32(41)42/h4-9,18,21,23-24,28-29H,10-17,19-20H2,1-3H3,(H,41,42)/t28-,29+/m0/s1. The van der Waals surface area contributed by atoms with E-state index in [1.165, 1.54) is 6.07 Å². The van der Waals surface area contributed by atoms with Crippen molar-refractivity contribution in [2.24, 2.45) is 11.8 Å². The lowest BCUT2D eigenvalue weighted by molar-refractivity contribution is -0.142. The van der Waals surface area contributed by atoms with Gasteiger partial charge in [-0.05, 0) is 80.8 Å². The van der Waals surface area contributed by atoms with Gasteiger partial charge in [-0.1, -0.05) is 18.2 Å². The molecular weight excluding hydrogens is 559 g/mol. The number of carbonyl (C=O) groups is 2. The molecular formula is C33H42F3N3O4. The summed E-state index contributed by atoms with van der Waals surface area (Å²) in [6.45, 7) is 7.72. The van der Waals surface area contributed by atoms with Crippen LogP contribution in [-0.2, 0) is 15.8 Å². The largest absolute Gasteiger partial charge is 0.497 e. The molecule has 0 spiro atoms. The van der Waals surface area contributed by atoms with Crippen LogP contribution in [0, 0.1) is 11.8 Å². The summed E-state index contributed by atoms with van der Waals surface area (Å²) in [5, 5.41) is 9.39. The number of alkyl halides is 3. The van der Waals surface area contributed by atoms with E-state index in [9.17, 15) is 27.9 Å². The third kappa shape index (κ3) is 6.79. The first kappa shape index (κ1) is 31.2. The summed E-state index contributed by atoms with van der Waals surface area (Å²) in [5.41, 5.74) is 1.83. The van der Waals surface area contributed by atoms with Crippen molar-refractivity contribution in [1.82, 2.24) is 9.80 Å². The fraction of sp³-hybridized carbons (Fsp3) is 0.576. The summed E-state index contributed by atoms with van der Waals surface area (Å²) >= 11 is 0. The molecule has 2 aromatic carbocycles. The maximum absolute atomic E-state index is 14.0. The number of amides is 1. The molecule has 5 rings (SSSR count). The van der Waals surface area contributed by atoms with Crippen molar-refractivity contribution in [2.75, 3.05) is 51.3 Å². The Hall–Kier alpha value is -3.27. The maximum Gasteiger partial charge on any atom is 0.416 e. The van der Waals surface area contributed by atoms with Gasteiger partial charge in [0.1, 0.15) is 5.75 Å². The van der Waals surface area contributed by atoms with E-state index in [0.29, 0.717) is 70.1 Å². The fourth-order valence-corrected chi connectivity index (χ4v) is 7.05. The summed E-state index contributed by atoms with van der Waals surface area (Å²) in [6, 6.07) is 12.3. The summed E-state index contributed by atoms with van der Waals surface area (Å²) in [4.78, 5) is 31.6. The van der Waals surface area contributed by atoms with Crippen LogP contribution in [0.25, 0.3) is 0 Å². The molecule has 0 aromatic heterocycles. The molecule has 43 heavy (non-hydrogen) atoms. The van der Waals surface area contributed by atoms with Gasteiger partial charge in [0.2, 0.25) is 5.91 Å². The van der Waals surface area contributed by atoms with E-state index in [1.54, 1.807) is 13.2 Å². The molecule has 7 nitrogen and oxygen atoms in total. The number of piperidine rings is 2. The first-order chi connectivity index (χ1) is 20.5. The van der Waals surface area contributed by atoms with Crippen LogP contribution in [0.5, 0.6) is 5.75 Å². The van der Waals surface area contributed by atoms with Crippen molar-refractivity contribution in [2.45, 2.75) is 63.6 Å². The normalized spacial score (nSPS) is 22.8. The van der Waals surface area contributed by atoms with E-state index in [2.05, 4.69) is 18.7 Å². The number of anilines is 1. The molecule has 1 N–H and O–H groups in total. The number of aliphatic carboxylic acids is 1. The number of carboxylic acid groups (broad SMARTS) is 1. The van der Waals surface area contributed by atoms with Gasteiger partial charge in [0.05, 0.1) is 24.5 Å². The second-order valence-corrected chi connectivity index (χ2v) is 12.5. The van der Waals surface area contributed by atoms with Crippen LogP contribution >= 0.6 is 0 Å². The Morgan fingerprint density at radius 1 is 0.930 bits per heavy atom. The Bertz CT molecular complexity index is 1280. The van der Waals surface area contributed by atoms with Crippen molar-refractivity contribution < 1.29 is 32.6 Å². The van der Waals surface area contributed by atoms with E-state index < -0.39 is 23.6 Å². The van der Waals surface area contributed by atoms with E-state index in [1.807, 2.05) is 34.1 Å². The third-order valence-electron chi connectivity index (χ3n) is 9.73. The van der Waals surface area contributed by atoms with E-state index in [4.69, 9.17) is 4.74 Å². The minimum atomic E-state index is -4.46. The lowest BCUT2D eigenvalue weighted by Crippen LogP contribution is -2.43. The zero-order valence-electron chi connectivity index (χ0n) is 25.1. The number of hydrogen-bond acceptors (Lipinski definition) is 5. The monoisotopic (exact) mass is 601 g/mol. The van der Waals surface area contributed by atoms with Crippen LogP contribution in [0.1, 0.15) is 68.1 Å². The Labute approximate surface area is 251 Å². The molecule has 3 saturated heterocycles. The molecule has 3 heterocycles. The van der Waals surface area contributed by atoms with Gasteiger partial charge < -0.3 is 19.6 Å². The maximum atomic E-state index is 14.0. The quantitative estimate of drug-likeness (QED) is 0.430. The number of carboxylic acids is 1. The molecule has 234 valence electrons. The van der Waals surface area contributed by atoms with Crippen molar-refractivity contribution in [1.29, 1.82) is 0 Å². The van der Waals surface area contributed by atoms with Gasteiger partial charge in [0, 0.05) is 56.9 Å². The van der Waals surface area contributed by atoms with Gasteiger partial charge in [0.25, 0.3) is 0 Å². The van der Waals surface area contributed by atoms with E-state index in [0.717, 1.165) is 29.5 Å². The number of ether oxygens (including phenoxy) is 1. The zero-order chi connectivity index (χ0) is 30.9. The third-order valence-corrected chi connectivity index (χ3v) is 9.73. The smallest absolute Gasteiger partial charge is 0.416 e. The van der Waals surface area contributed by atoms with Crippen molar-refractivity contribution in [3.63, 3.8) is 0 Å². The topological polar surface area (TPSA) is 73.3 Å². The van der Waals surface area contributed by atoms with Crippen molar-refractivity contribution in [3.8, 4) is 5.75 Å². The lowest BCUT2D eigenvalue weighted by Gasteiger charge is -2.38. The molecule has 2 atom stereocenters. The zero-order valence-corrected chi connectivity index (χ0v) is 25.1. The van der Waals surface area contributed by atoms with Crippen LogP contribution in [0.4, 0.5) is 18.9 Å². The summed E-state index contributed by atoms with van der Waals surface area (Å²) in [5.74, 6) is -0.463. The average Bonchev–Trinajstić information content (AvgIpc) is 3.46. The van der Waals surface area contributed by atoms with Gasteiger partial charge >= 0.3 is 12.1 Å². The number of nitrogens with zero attached hydrogens (tertiary/aromatic N) is 3. The highest BCUT2D eigenvalue weighted by molar-refractivity contribution is 5.81. The molecule has 3 aliphatic heterocycles. The Morgan fingerprint density at radius 2 is 1.58 bits per heavy atom. The van der Waals surface area contributed by atoms with E-state index in [-0.39, 0.29) is 23.7 Å². The average molecular weight is 602 g/mol. The van der Waals surface area contributed by atoms with Gasteiger partial charge in [-0.3, -0.25) is 14.5 Å². The molecule has 2 aromatic rings. The number of likely N-dealkylation sites (tertiary alicyclic amines) is 2. The van der Waals surface area contributed by atoms with Crippen LogP contribution < -0.4 is 9.64 Å². The minimum Gasteiger partial charge on any atom is -0.497 e. The molecule has 3 aliphatic rings. The number of rotatable bonds is 7. The molecule has 0 unspecified atom stereocenters. The van der Waals surface area contributed by atoms with E-state index >= 15 is 0 Å². The van der Waals surface area contributed by atoms with Crippen molar-refractivity contribution in [3.05, 3.63) is 59.2 Å². The summed E-state index contributed by atoms with van der Waals surface area (Å²) < 4.78 is 46.4. The van der Waals surface area contributed by atoms with Gasteiger partial charge in [-0.25, -0.2) is 0 Å². The Balaban J connectivity index is 1.31. The van der Waals surface area contributed by atoms with Gasteiger partial charge in [0.15, 0.2) is 0 Å². The number of methoxy groups -OCH3 is 1. The van der Waals surface area contributed by atoms with Gasteiger partial charge in [-0.2, -0.15) is 13.2 Å². The first-order valence-corrected chi connectivity index (χ1v) is 15.3. The fourth-order valence-electron chi connectivity index (χ4n) is 7.05. The predicted octanol–water partition coefficient (Wildman–Crippen LogP) is 5.85. The lowest BCUT2D eigenvalue weighted by atomic mass is 9.84. The number of halogens is 3. The Morgan fingerprint density at radius 3 is 2.14 bits per heavy atom. The highest BCUT2D eigenvalue weighted by atomic mass is 19.4. The summed E-state index contributed by atoms with van der Waals surface area (Å²) in [6.07, 6.45) is -2.31. The molecule has 1 amide bonds. The van der Waals surface area contributed by atoms with Crippen molar-refractivity contribution >= 4 is 17.6 Å². The Kier molecular flexibility index (Phi) is 9.25. The predicted molar refractivity (Wildman–Crippen MR) is 159 cm³/mol.